The molecular formula is C38H73NO4. The Hall–Kier alpha value is -1.17. The monoisotopic (exact) mass is 608 g/mol. The summed E-state index contributed by atoms with van der Waals surface area (Å²) < 4.78 is 0. The van der Waals surface area contributed by atoms with E-state index < -0.39 is 24.2 Å². The van der Waals surface area contributed by atoms with Gasteiger partial charge in [-0.25, -0.2) is 0 Å². The molecule has 5 nitrogen and oxygen atoms in total. The van der Waals surface area contributed by atoms with E-state index in [1.54, 1.807) is 6.08 Å². The molecule has 0 bridgehead atoms. The molecule has 43 heavy (non-hydrogen) atoms. The quantitative estimate of drug-likeness (QED) is 0.0441. The van der Waals surface area contributed by atoms with Crippen molar-refractivity contribution in [3.05, 3.63) is 24.3 Å². The van der Waals surface area contributed by atoms with E-state index in [4.69, 9.17) is 0 Å². The zero-order chi connectivity index (χ0) is 31.6. The van der Waals surface area contributed by atoms with Crippen LogP contribution in [0.25, 0.3) is 0 Å². The van der Waals surface area contributed by atoms with Gasteiger partial charge in [-0.3, -0.25) is 4.79 Å². The van der Waals surface area contributed by atoms with Gasteiger partial charge in [-0.15, -0.1) is 0 Å². The molecule has 0 spiro atoms. The van der Waals surface area contributed by atoms with Gasteiger partial charge in [0.2, 0.25) is 5.91 Å². The lowest BCUT2D eigenvalue weighted by Gasteiger charge is -2.21. The molecule has 0 aromatic carbocycles. The van der Waals surface area contributed by atoms with E-state index in [9.17, 15) is 20.1 Å². The minimum atomic E-state index is -1.10. The zero-order valence-corrected chi connectivity index (χ0v) is 28.6. The van der Waals surface area contributed by atoms with Gasteiger partial charge in [0.05, 0.1) is 18.8 Å². The van der Waals surface area contributed by atoms with Crippen molar-refractivity contribution in [3.63, 3.8) is 0 Å². The van der Waals surface area contributed by atoms with Crippen LogP contribution < -0.4 is 5.32 Å². The normalized spacial score (nSPS) is 14.1. The molecule has 3 atom stereocenters. The molecule has 0 aliphatic rings. The summed E-state index contributed by atoms with van der Waals surface area (Å²) in [4.78, 5) is 12.4. The van der Waals surface area contributed by atoms with E-state index in [0.717, 1.165) is 38.5 Å². The lowest BCUT2D eigenvalue weighted by molar-refractivity contribution is -0.131. The van der Waals surface area contributed by atoms with Crippen LogP contribution in [0.15, 0.2) is 24.3 Å². The largest absolute Gasteiger partial charge is 0.394 e. The number of hydrogen-bond acceptors (Lipinski definition) is 4. The molecule has 0 radical (unpaired) electrons. The first-order valence-electron chi connectivity index (χ1n) is 18.7. The summed E-state index contributed by atoms with van der Waals surface area (Å²) in [6.07, 6.45) is 39.1. The Morgan fingerprint density at radius 1 is 0.558 bits per heavy atom. The maximum atomic E-state index is 12.4. The summed E-state index contributed by atoms with van der Waals surface area (Å²) in [6, 6.07) is -0.808. The van der Waals surface area contributed by atoms with Crippen molar-refractivity contribution in [2.75, 3.05) is 6.61 Å². The van der Waals surface area contributed by atoms with E-state index in [1.807, 2.05) is 6.08 Å². The van der Waals surface area contributed by atoms with Gasteiger partial charge in [0.1, 0.15) is 6.10 Å². The number of carbonyl (C=O) groups excluding carboxylic acids is 1. The number of unbranched alkanes of at least 4 members (excludes halogenated alkanes) is 23. The van der Waals surface area contributed by atoms with Crippen molar-refractivity contribution in [2.45, 2.75) is 205 Å². The van der Waals surface area contributed by atoms with Crippen molar-refractivity contribution < 1.29 is 20.1 Å². The molecule has 0 aromatic rings. The number of amides is 1. The second-order valence-corrected chi connectivity index (χ2v) is 12.8. The van der Waals surface area contributed by atoms with E-state index in [-0.39, 0.29) is 6.61 Å². The van der Waals surface area contributed by atoms with E-state index in [1.165, 1.54) is 128 Å². The van der Waals surface area contributed by atoms with Crippen LogP contribution in [0.4, 0.5) is 0 Å². The molecule has 1 amide bonds. The molecule has 0 saturated heterocycles. The zero-order valence-electron chi connectivity index (χ0n) is 28.6. The number of nitrogens with one attached hydrogen (secondary N) is 1. The topological polar surface area (TPSA) is 89.8 Å². The van der Waals surface area contributed by atoms with Gasteiger partial charge in [-0.05, 0) is 32.1 Å². The van der Waals surface area contributed by atoms with E-state index in [2.05, 4.69) is 31.3 Å². The van der Waals surface area contributed by atoms with Gasteiger partial charge < -0.3 is 20.6 Å². The average Bonchev–Trinajstić information content (AvgIpc) is 3.01. The van der Waals surface area contributed by atoms with Crippen LogP contribution in [0.3, 0.4) is 0 Å². The molecule has 0 heterocycles. The second-order valence-electron chi connectivity index (χ2n) is 12.8. The van der Waals surface area contributed by atoms with Gasteiger partial charge in [-0.1, -0.05) is 179 Å². The molecule has 0 aliphatic carbocycles. The lowest BCUT2D eigenvalue weighted by Crippen LogP contribution is -2.48. The lowest BCUT2D eigenvalue weighted by atomic mass is 10.0. The molecule has 0 fully saturated rings. The highest BCUT2D eigenvalue weighted by Crippen LogP contribution is 2.15. The SMILES string of the molecule is CCCCCCCCC/C=C/CC/C=C/C(O)C(CO)NC(=O)C(O)CCCCCCCCCCCCCCCCCC. The summed E-state index contributed by atoms with van der Waals surface area (Å²) in [5, 5.41) is 32.9. The third-order valence-corrected chi connectivity index (χ3v) is 8.54. The van der Waals surface area contributed by atoms with Crippen LogP contribution in [-0.2, 0) is 4.79 Å². The first-order chi connectivity index (χ1) is 21.1. The van der Waals surface area contributed by atoms with Crippen molar-refractivity contribution in [1.29, 1.82) is 0 Å². The minimum Gasteiger partial charge on any atom is -0.394 e. The molecule has 0 aromatic heterocycles. The molecule has 0 rings (SSSR count). The number of hydrogen-bond donors (Lipinski definition) is 4. The fraction of sp³-hybridized carbons (Fsp3) is 0.868. The molecular weight excluding hydrogens is 534 g/mol. The van der Waals surface area contributed by atoms with Crippen LogP contribution in [0.1, 0.15) is 187 Å². The minimum absolute atomic E-state index is 0.374. The third-order valence-electron chi connectivity index (χ3n) is 8.54. The summed E-state index contributed by atoms with van der Waals surface area (Å²) in [7, 11) is 0. The van der Waals surface area contributed by atoms with Crippen LogP contribution in [0.5, 0.6) is 0 Å². The number of aliphatic hydroxyl groups excluding tert-OH is 3. The Labute approximate surface area is 267 Å². The maximum absolute atomic E-state index is 12.4. The van der Waals surface area contributed by atoms with E-state index >= 15 is 0 Å². The fourth-order valence-corrected chi connectivity index (χ4v) is 5.55. The van der Waals surface area contributed by atoms with Crippen molar-refractivity contribution in [3.8, 4) is 0 Å². The summed E-state index contributed by atoms with van der Waals surface area (Å²) in [5.41, 5.74) is 0. The van der Waals surface area contributed by atoms with Crippen molar-refractivity contribution in [2.24, 2.45) is 0 Å². The van der Waals surface area contributed by atoms with Gasteiger partial charge in [-0.2, -0.15) is 0 Å². The molecule has 5 heteroatoms. The Bertz CT molecular complexity index is 635. The van der Waals surface area contributed by atoms with Crippen molar-refractivity contribution >= 4 is 5.91 Å². The first kappa shape index (κ1) is 41.8. The molecule has 4 N–H and O–H groups in total. The maximum Gasteiger partial charge on any atom is 0.249 e. The Morgan fingerprint density at radius 3 is 1.42 bits per heavy atom. The second kappa shape index (κ2) is 33.7. The Balaban J connectivity index is 3.76. The van der Waals surface area contributed by atoms with Crippen LogP contribution >= 0.6 is 0 Å². The summed E-state index contributed by atoms with van der Waals surface area (Å²) >= 11 is 0. The number of aliphatic hydroxyl groups is 3. The first-order valence-corrected chi connectivity index (χ1v) is 18.7. The highest BCUT2D eigenvalue weighted by molar-refractivity contribution is 5.80. The van der Waals surface area contributed by atoms with Gasteiger partial charge in [0.25, 0.3) is 0 Å². The molecule has 254 valence electrons. The van der Waals surface area contributed by atoms with Crippen LogP contribution in [0.2, 0.25) is 0 Å². The molecule has 3 unspecified atom stereocenters. The number of allylic oxidation sites excluding steroid dienone is 3. The highest BCUT2D eigenvalue weighted by Gasteiger charge is 2.22. The fourth-order valence-electron chi connectivity index (χ4n) is 5.55. The number of carbonyl (C=O) groups is 1. The highest BCUT2D eigenvalue weighted by atomic mass is 16.3. The Kier molecular flexibility index (Phi) is 32.8. The smallest absolute Gasteiger partial charge is 0.249 e. The van der Waals surface area contributed by atoms with Gasteiger partial charge in [0, 0.05) is 0 Å². The van der Waals surface area contributed by atoms with Crippen LogP contribution in [0, 0.1) is 0 Å². The standard InChI is InChI=1S/C38H73NO4/c1-3-5-7-9-11-13-15-17-18-19-21-23-25-27-29-31-33-37(42)38(43)39-35(34-40)36(41)32-30-28-26-24-22-20-16-14-12-10-8-6-4-2/h22,24,30,32,35-37,40-42H,3-21,23,25-29,31,33-34H2,1-2H3,(H,39,43)/b24-22+,32-30+. The summed E-state index contributed by atoms with van der Waals surface area (Å²) in [5.74, 6) is -0.513. The van der Waals surface area contributed by atoms with Gasteiger partial charge >= 0.3 is 0 Å². The number of rotatable bonds is 33. The van der Waals surface area contributed by atoms with Crippen molar-refractivity contribution in [1.82, 2.24) is 5.32 Å². The van der Waals surface area contributed by atoms with Gasteiger partial charge in [0.15, 0.2) is 0 Å². The Morgan fingerprint density at radius 2 is 0.953 bits per heavy atom. The average molecular weight is 608 g/mol. The van der Waals surface area contributed by atoms with E-state index in [0.29, 0.717) is 6.42 Å². The summed E-state index contributed by atoms with van der Waals surface area (Å²) in [6.45, 7) is 4.15. The predicted molar refractivity (Wildman–Crippen MR) is 185 cm³/mol. The van der Waals surface area contributed by atoms with Crippen LogP contribution in [-0.4, -0.2) is 46.1 Å². The third kappa shape index (κ3) is 29.3. The molecule has 0 aliphatic heterocycles. The molecule has 0 saturated carbocycles. The predicted octanol–water partition coefficient (Wildman–Crippen LogP) is 9.87.